The van der Waals surface area contributed by atoms with Crippen molar-refractivity contribution in [3.63, 3.8) is 0 Å². The lowest BCUT2D eigenvalue weighted by Gasteiger charge is -2.29. The van der Waals surface area contributed by atoms with E-state index >= 15 is 0 Å². The van der Waals surface area contributed by atoms with Crippen molar-refractivity contribution >= 4 is 15.7 Å². The number of halogens is 1. The molecule has 0 saturated carbocycles. The molecule has 9 heteroatoms. The van der Waals surface area contributed by atoms with Gasteiger partial charge in [0, 0.05) is 25.2 Å². The Bertz CT molecular complexity index is 677. The summed E-state index contributed by atoms with van der Waals surface area (Å²) in [6.45, 7) is 1.64. The average molecular weight is 317 g/mol. The molecule has 0 spiro atoms. The van der Waals surface area contributed by atoms with Gasteiger partial charge in [0.25, 0.3) is 5.69 Å². The van der Waals surface area contributed by atoms with E-state index in [4.69, 9.17) is 5.73 Å². The maximum absolute atomic E-state index is 13.8. The molecule has 1 unspecified atom stereocenters. The van der Waals surface area contributed by atoms with E-state index in [1.807, 2.05) is 0 Å². The average Bonchev–Trinajstić information content (AvgIpc) is 2.41. The molecule has 21 heavy (non-hydrogen) atoms. The van der Waals surface area contributed by atoms with Gasteiger partial charge >= 0.3 is 0 Å². The van der Waals surface area contributed by atoms with Crippen LogP contribution in [0.2, 0.25) is 0 Å². The van der Waals surface area contributed by atoms with Crippen molar-refractivity contribution in [2.45, 2.75) is 30.7 Å². The van der Waals surface area contributed by atoms with Gasteiger partial charge in [-0.05, 0) is 25.8 Å². The van der Waals surface area contributed by atoms with E-state index < -0.39 is 31.3 Å². The van der Waals surface area contributed by atoms with Crippen LogP contribution in [0.5, 0.6) is 0 Å². The lowest BCUT2D eigenvalue weighted by molar-refractivity contribution is -0.385. The smallest absolute Gasteiger partial charge is 0.276 e. The van der Waals surface area contributed by atoms with Crippen LogP contribution in [0.15, 0.2) is 17.0 Å². The van der Waals surface area contributed by atoms with Crippen molar-refractivity contribution < 1.29 is 17.7 Å². The monoisotopic (exact) mass is 317 g/mol. The molecular formula is C12H16FN3O4S. The van der Waals surface area contributed by atoms with Crippen molar-refractivity contribution in [2.24, 2.45) is 5.73 Å². The van der Waals surface area contributed by atoms with Crippen LogP contribution in [0, 0.1) is 22.9 Å². The predicted octanol–water partition coefficient (Wildman–Crippen LogP) is 1.15. The third-order valence-electron chi connectivity index (χ3n) is 3.55. The highest BCUT2D eigenvalue weighted by Gasteiger charge is 2.31. The van der Waals surface area contributed by atoms with Crippen LogP contribution < -0.4 is 5.73 Å². The van der Waals surface area contributed by atoms with Gasteiger partial charge in [-0.1, -0.05) is 0 Å². The summed E-state index contributed by atoms with van der Waals surface area (Å²) >= 11 is 0. The van der Waals surface area contributed by atoms with Gasteiger partial charge < -0.3 is 5.73 Å². The molecule has 0 bridgehead atoms. The molecule has 1 aliphatic rings. The Kier molecular flexibility index (Phi) is 4.26. The quantitative estimate of drug-likeness (QED) is 0.665. The minimum absolute atomic E-state index is 0.131. The highest BCUT2D eigenvalue weighted by Crippen LogP contribution is 2.28. The fraction of sp³-hybridized carbons (Fsp3) is 0.500. The van der Waals surface area contributed by atoms with Gasteiger partial charge in [0.15, 0.2) is 0 Å². The van der Waals surface area contributed by atoms with Gasteiger partial charge in [-0.3, -0.25) is 10.1 Å². The Morgan fingerprint density at radius 1 is 1.48 bits per heavy atom. The summed E-state index contributed by atoms with van der Waals surface area (Å²) in [4.78, 5) is 9.69. The lowest BCUT2D eigenvalue weighted by atomic mass is 10.1. The molecule has 1 aromatic rings. The fourth-order valence-electron chi connectivity index (χ4n) is 2.32. The van der Waals surface area contributed by atoms with Crippen molar-refractivity contribution in [1.82, 2.24) is 4.31 Å². The molecule has 1 atom stereocenters. The van der Waals surface area contributed by atoms with Gasteiger partial charge in [-0.25, -0.2) is 12.8 Å². The number of benzene rings is 1. The normalized spacial score (nSPS) is 20.4. The highest BCUT2D eigenvalue weighted by atomic mass is 32.2. The van der Waals surface area contributed by atoms with E-state index in [0.29, 0.717) is 12.8 Å². The molecule has 0 aliphatic carbocycles. The summed E-state index contributed by atoms with van der Waals surface area (Å²) in [6.07, 6.45) is 1.32. The molecule has 1 aliphatic heterocycles. The van der Waals surface area contributed by atoms with Crippen molar-refractivity contribution in [3.8, 4) is 0 Å². The summed E-state index contributed by atoms with van der Waals surface area (Å²) in [7, 11) is -3.98. The van der Waals surface area contributed by atoms with Crippen LogP contribution in [0.4, 0.5) is 10.1 Å². The topological polar surface area (TPSA) is 107 Å². The van der Waals surface area contributed by atoms with Gasteiger partial charge in [0.05, 0.1) is 15.4 Å². The van der Waals surface area contributed by atoms with E-state index in [1.165, 1.54) is 6.92 Å². The Balaban J connectivity index is 2.47. The Hall–Kier alpha value is -1.58. The van der Waals surface area contributed by atoms with E-state index in [1.54, 1.807) is 0 Å². The Morgan fingerprint density at radius 2 is 2.14 bits per heavy atom. The second-order valence-corrected chi connectivity index (χ2v) is 7.01. The van der Waals surface area contributed by atoms with Gasteiger partial charge in [0.2, 0.25) is 10.0 Å². The second kappa shape index (κ2) is 5.66. The summed E-state index contributed by atoms with van der Waals surface area (Å²) in [5.41, 5.74) is 5.01. The third kappa shape index (κ3) is 3.04. The maximum atomic E-state index is 13.8. The van der Waals surface area contributed by atoms with Gasteiger partial charge in [0.1, 0.15) is 5.82 Å². The number of nitro benzene ring substituents is 1. The number of piperidine rings is 1. The summed E-state index contributed by atoms with van der Waals surface area (Å²) in [6, 6.07) is 1.44. The van der Waals surface area contributed by atoms with Crippen molar-refractivity contribution in [3.05, 3.63) is 33.6 Å². The van der Waals surface area contributed by atoms with E-state index in [9.17, 15) is 22.9 Å². The molecule has 116 valence electrons. The SMILES string of the molecule is Cc1c(F)cc(S(=O)(=O)N2CCCC(N)C2)cc1[N+](=O)[O-]. The standard InChI is InChI=1S/C12H16FN3O4S/c1-8-11(13)5-10(6-12(8)16(17)18)21(19,20)15-4-2-3-9(14)7-15/h5-6,9H,2-4,7,14H2,1H3. The largest absolute Gasteiger partial charge is 0.327 e. The van der Waals surface area contributed by atoms with E-state index in [-0.39, 0.29) is 24.7 Å². The van der Waals surface area contributed by atoms with Crippen LogP contribution in [0.25, 0.3) is 0 Å². The van der Waals surface area contributed by atoms with E-state index in [2.05, 4.69) is 0 Å². The molecule has 1 heterocycles. The first-order valence-electron chi connectivity index (χ1n) is 6.43. The van der Waals surface area contributed by atoms with Crippen LogP contribution in [0.1, 0.15) is 18.4 Å². The molecule has 7 nitrogen and oxygen atoms in total. The molecule has 0 radical (unpaired) electrons. The second-order valence-electron chi connectivity index (χ2n) is 5.07. The Morgan fingerprint density at radius 3 is 2.71 bits per heavy atom. The molecular weight excluding hydrogens is 301 g/mol. The van der Waals surface area contributed by atoms with Crippen molar-refractivity contribution in [2.75, 3.05) is 13.1 Å². The molecule has 0 amide bonds. The van der Waals surface area contributed by atoms with Crippen molar-refractivity contribution in [1.29, 1.82) is 0 Å². The number of nitrogens with two attached hydrogens (primary N) is 1. The molecule has 2 rings (SSSR count). The molecule has 1 saturated heterocycles. The third-order valence-corrected chi connectivity index (χ3v) is 5.39. The first kappa shape index (κ1) is 15.8. The predicted molar refractivity (Wildman–Crippen MR) is 73.8 cm³/mol. The highest BCUT2D eigenvalue weighted by molar-refractivity contribution is 7.89. The molecule has 1 fully saturated rings. The maximum Gasteiger partial charge on any atom is 0.276 e. The molecule has 2 N–H and O–H groups in total. The van der Waals surface area contributed by atoms with Crippen LogP contribution >= 0.6 is 0 Å². The number of nitrogens with zero attached hydrogens (tertiary/aromatic N) is 2. The molecule has 0 aromatic heterocycles. The number of hydrogen-bond acceptors (Lipinski definition) is 5. The number of hydrogen-bond donors (Lipinski definition) is 1. The number of rotatable bonds is 3. The minimum Gasteiger partial charge on any atom is -0.327 e. The Labute approximate surface area is 121 Å². The van der Waals surface area contributed by atoms with Crippen LogP contribution in [-0.2, 0) is 10.0 Å². The summed E-state index contributed by atoms with van der Waals surface area (Å²) in [5, 5.41) is 10.9. The van der Waals surface area contributed by atoms with E-state index in [0.717, 1.165) is 16.4 Å². The lowest BCUT2D eigenvalue weighted by Crippen LogP contribution is -2.45. The zero-order chi connectivity index (χ0) is 15.8. The zero-order valence-electron chi connectivity index (χ0n) is 11.5. The van der Waals surface area contributed by atoms with Crippen LogP contribution in [-0.4, -0.2) is 36.8 Å². The first-order chi connectivity index (χ1) is 9.73. The number of sulfonamides is 1. The summed E-state index contributed by atoms with van der Waals surface area (Å²) in [5.74, 6) is -0.913. The van der Waals surface area contributed by atoms with Gasteiger partial charge in [-0.2, -0.15) is 4.31 Å². The molecule has 1 aromatic carbocycles. The minimum atomic E-state index is -3.98. The first-order valence-corrected chi connectivity index (χ1v) is 7.87. The summed E-state index contributed by atoms with van der Waals surface area (Å²) < 4.78 is 39.8. The number of nitro groups is 1. The fourth-order valence-corrected chi connectivity index (χ4v) is 3.89. The van der Waals surface area contributed by atoms with Gasteiger partial charge in [-0.15, -0.1) is 0 Å². The zero-order valence-corrected chi connectivity index (χ0v) is 12.3. The van der Waals surface area contributed by atoms with Crippen LogP contribution in [0.3, 0.4) is 0 Å².